The molecular formula is C16H19N3O4. The molecule has 0 saturated carbocycles. The van der Waals surface area contributed by atoms with Crippen molar-refractivity contribution in [2.75, 3.05) is 12.4 Å². The number of phenolic OH excluding ortho intramolecular Hbond substituents is 1. The number of anilines is 1. The van der Waals surface area contributed by atoms with E-state index in [4.69, 9.17) is 4.74 Å². The van der Waals surface area contributed by atoms with Gasteiger partial charge in [-0.25, -0.2) is 0 Å². The number of aromatic amines is 1. The Kier molecular flexibility index (Phi) is 3.63. The van der Waals surface area contributed by atoms with Gasteiger partial charge in [0.05, 0.1) is 12.7 Å². The van der Waals surface area contributed by atoms with Crippen LogP contribution in [-0.2, 0) is 4.79 Å². The van der Waals surface area contributed by atoms with Crippen molar-refractivity contribution in [3.63, 3.8) is 0 Å². The Balaban J connectivity index is 2.14. The number of ether oxygens (including phenoxy) is 1. The molecule has 7 nitrogen and oxygen atoms in total. The van der Waals surface area contributed by atoms with E-state index in [1.807, 2.05) is 13.8 Å². The summed E-state index contributed by atoms with van der Waals surface area (Å²) in [4.78, 5) is 24.4. The number of H-pyrrole nitrogens is 1. The molecule has 1 aliphatic rings. The number of aromatic nitrogens is 2. The van der Waals surface area contributed by atoms with E-state index in [-0.39, 0.29) is 29.7 Å². The van der Waals surface area contributed by atoms with Crippen LogP contribution < -0.4 is 15.6 Å². The zero-order valence-corrected chi connectivity index (χ0v) is 13.2. The van der Waals surface area contributed by atoms with Crippen LogP contribution in [0.5, 0.6) is 11.5 Å². The average Bonchev–Trinajstić information content (AvgIpc) is 2.83. The van der Waals surface area contributed by atoms with Crippen molar-refractivity contribution in [2.45, 2.75) is 32.2 Å². The standard InChI is InChI=1S/C16H19N3O4/c1-8(2)19-15-14(16(22)18-19)10(7-13(21)17-15)9-4-5-12(23-3)11(20)6-9/h4-6,8,10,20H,7H2,1-3H3,(H,17,21)(H,18,22). The lowest BCUT2D eigenvalue weighted by Gasteiger charge is -2.24. The molecule has 1 aromatic heterocycles. The minimum atomic E-state index is -0.403. The summed E-state index contributed by atoms with van der Waals surface area (Å²) in [6.07, 6.45) is 0.157. The summed E-state index contributed by atoms with van der Waals surface area (Å²) in [5.74, 6) is 0.271. The van der Waals surface area contributed by atoms with Gasteiger partial charge in [0.15, 0.2) is 11.5 Å². The predicted octanol–water partition coefficient (Wildman–Crippen LogP) is 1.95. The number of amides is 1. The monoisotopic (exact) mass is 317 g/mol. The summed E-state index contributed by atoms with van der Waals surface area (Å²) < 4.78 is 6.69. The van der Waals surface area contributed by atoms with Crippen molar-refractivity contribution in [1.29, 1.82) is 0 Å². The van der Waals surface area contributed by atoms with Gasteiger partial charge in [-0.1, -0.05) is 6.07 Å². The van der Waals surface area contributed by atoms with Crippen LogP contribution in [0.25, 0.3) is 0 Å². The topological polar surface area (TPSA) is 96.4 Å². The van der Waals surface area contributed by atoms with Gasteiger partial charge < -0.3 is 15.2 Å². The Morgan fingerprint density at radius 1 is 1.35 bits per heavy atom. The van der Waals surface area contributed by atoms with Crippen LogP contribution in [0.15, 0.2) is 23.0 Å². The first-order valence-electron chi connectivity index (χ1n) is 7.43. The summed E-state index contributed by atoms with van der Waals surface area (Å²) in [6, 6.07) is 4.94. The maximum absolute atomic E-state index is 12.4. The minimum absolute atomic E-state index is 0.00905. The molecule has 2 aromatic rings. The molecule has 3 N–H and O–H groups in total. The number of carbonyl (C=O) groups is 1. The predicted molar refractivity (Wildman–Crippen MR) is 85.2 cm³/mol. The second-order valence-corrected chi connectivity index (χ2v) is 5.90. The Morgan fingerprint density at radius 3 is 2.70 bits per heavy atom. The SMILES string of the molecule is COc1ccc(C2CC(=O)Nc3c2c(=O)[nH]n3C(C)C)cc1O. The molecular weight excluding hydrogens is 298 g/mol. The maximum Gasteiger partial charge on any atom is 0.270 e. The van der Waals surface area contributed by atoms with Gasteiger partial charge in [0.1, 0.15) is 5.82 Å². The molecule has 1 amide bonds. The summed E-state index contributed by atoms with van der Waals surface area (Å²) in [7, 11) is 1.47. The number of rotatable bonds is 3. The number of hydrogen-bond donors (Lipinski definition) is 3. The summed E-state index contributed by atoms with van der Waals surface area (Å²) in [5, 5.41) is 15.5. The quantitative estimate of drug-likeness (QED) is 0.806. The molecule has 0 saturated heterocycles. The Morgan fingerprint density at radius 2 is 2.09 bits per heavy atom. The fourth-order valence-corrected chi connectivity index (χ4v) is 2.98. The highest BCUT2D eigenvalue weighted by atomic mass is 16.5. The highest BCUT2D eigenvalue weighted by molar-refractivity contribution is 5.94. The summed E-state index contributed by atoms with van der Waals surface area (Å²) >= 11 is 0. The van der Waals surface area contributed by atoms with E-state index in [1.54, 1.807) is 16.8 Å². The van der Waals surface area contributed by atoms with Gasteiger partial charge in [-0.2, -0.15) is 0 Å². The normalized spacial score (nSPS) is 17.0. The van der Waals surface area contributed by atoms with E-state index in [2.05, 4.69) is 10.4 Å². The molecule has 7 heteroatoms. The van der Waals surface area contributed by atoms with Crippen molar-refractivity contribution in [2.24, 2.45) is 0 Å². The van der Waals surface area contributed by atoms with Gasteiger partial charge in [0.25, 0.3) is 5.56 Å². The molecule has 3 rings (SSSR count). The number of methoxy groups -OCH3 is 1. The fourth-order valence-electron chi connectivity index (χ4n) is 2.98. The Hall–Kier alpha value is -2.70. The largest absolute Gasteiger partial charge is 0.504 e. The third-order valence-electron chi connectivity index (χ3n) is 4.08. The molecule has 1 aromatic carbocycles. The van der Waals surface area contributed by atoms with Crippen LogP contribution in [0.2, 0.25) is 0 Å². The molecule has 1 unspecified atom stereocenters. The van der Waals surface area contributed by atoms with Crippen molar-refractivity contribution >= 4 is 11.7 Å². The van der Waals surface area contributed by atoms with Crippen LogP contribution >= 0.6 is 0 Å². The van der Waals surface area contributed by atoms with E-state index in [9.17, 15) is 14.7 Å². The van der Waals surface area contributed by atoms with Crippen LogP contribution in [0.4, 0.5) is 5.82 Å². The minimum Gasteiger partial charge on any atom is -0.504 e. The van der Waals surface area contributed by atoms with Gasteiger partial charge in [-0.15, -0.1) is 0 Å². The number of fused-ring (bicyclic) bond motifs is 1. The van der Waals surface area contributed by atoms with Gasteiger partial charge in [-0.05, 0) is 31.5 Å². The summed E-state index contributed by atoms with van der Waals surface area (Å²) in [5.41, 5.74) is 0.989. The van der Waals surface area contributed by atoms with Crippen LogP contribution in [0.1, 0.15) is 43.4 Å². The zero-order valence-electron chi connectivity index (χ0n) is 13.2. The zero-order chi connectivity index (χ0) is 16.7. The molecule has 0 radical (unpaired) electrons. The maximum atomic E-state index is 12.4. The molecule has 0 aliphatic carbocycles. The highest BCUT2D eigenvalue weighted by Crippen LogP contribution is 2.38. The molecule has 122 valence electrons. The number of phenols is 1. The number of nitrogens with one attached hydrogen (secondary N) is 2. The molecule has 0 fully saturated rings. The first-order valence-corrected chi connectivity index (χ1v) is 7.43. The van der Waals surface area contributed by atoms with Crippen LogP contribution in [-0.4, -0.2) is 27.9 Å². The third-order valence-corrected chi connectivity index (χ3v) is 4.08. The molecule has 0 bridgehead atoms. The lowest BCUT2D eigenvalue weighted by Crippen LogP contribution is -2.27. The molecule has 23 heavy (non-hydrogen) atoms. The van der Waals surface area contributed by atoms with Crippen molar-refractivity contribution < 1.29 is 14.6 Å². The summed E-state index contributed by atoms with van der Waals surface area (Å²) in [6.45, 7) is 3.84. The fraction of sp³-hybridized carbons (Fsp3) is 0.375. The number of benzene rings is 1. The molecule has 1 atom stereocenters. The Bertz CT molecular complexity index is 819. The number of nitrogens with zero attached hydrogens (tertiary/aromatic N) is 1. The first-order chi connectivity index (χ1) is 10.9. The second-order valence-electron chi connectivity index (χ2n) is 5.90. The van der Waals surface area contributed by atoms with Crippen LogP contribution in [0.3, 0.4) is 0 Å². The second kappa shape index (κ2) is 5.49. The van der Waals surface area contributed by atoms with Gasteiger partial charge in [-0.3, -0.25) is 19.4 Å². The van der Waals surface area contributed by atoms with Crippen molar-refractivity contribution in [3.05, 3.63) is 39.7 Å². The van der Waals surface area contributed by atoms with E-state index in [0.29, 0.717) is 22.7 Å². The molecule has 0 spiro atoms. The van der Waals surface area contributed by atoms with E-state index < -0.39 is 5.92 Å². The highest BCUT2D eigenvalue weighted by Gasteiger charge is 2.33. The van der Waals surface area contributed by atoms with Gasteiger partial charge >= 0.3 is 0 Å². The van der Waals surface area contributed by atoms with Gasteiger partial charge in [0, 0.05) is 18.4 Å². The van der Waals surface area contributed by atoms with Crippen molar-refractivity contribution in [1.82, 2.24) is 9.78 Å². The average molecular weight is 317 g/mol. The van der Waals surface area contributed by atoms with Crippen LogP contribution in [0, 0.1) is 0 Å². The van der Waals surface area contributed by atoms with E-state index in [0.717, 1.165) is 0 Å². The molecule has 2 heterocycles. The van der Waals surface area contributed by atoms with E-state index >= 15 is 0 Å². The van der Waals surface area contributed by atoms with Crippen molar-refractivity contribution in [3.8, 4) is 11.5 Å². The number of hydrogen-bond acceptors (Lipinski definition) is 4. The smallest absolute Gasteiger partial charge is 0.270 e. The number of carbonyl (C=O) groups excluding carboxylic acids is 1. The third kappa shape index (κ3) is 2.48. The molecule has 1 aliphatic heterocycles. The lowest BCUT2D eigenvalue weighted by molar-refractivity contribution is -0.116. The Labute approximate surface area is 132 Å². The van der Waals surface area contributed by atoms with Gasteiger partial charge in [0.2, 0.25) is 5.91 Å². The van der Waals surface area contributed by atoms with E-state index in [1.165, 1.54) is 13.2 Å². The first kappa shape index (κ1) is 15.2. The number of aromatic hydroxyl groups is 1. The lowest BCUT2D eigenvalue weighted by atomic mass is 9.87.